The van der Waals surface area contributed by atoms with Gasteiger partial charge in [-0.15, -0.1) is 35.3 Å². The first kappa shape index (κ1) is 23.7. The lowest BCUT2D eigenvalue weighted by Gasteiger charge is -2.11. The number of para-hydroxylation sites is 1. The zero-order valence-electron chi connectivity index (χ0n) is 16.4. The molecule has 1 aromatic carbocycles. The summed E-state index contributed by atoms with van der Waals surface area (Å²) in [4.78, 5) is 9.26. The van der Waals surface area contributed by atoms with Gasteiger partial charge in [0.2, 0.25) is 0 Å². The molecular weight excluding hydrogens is 471 g/mol. The van der Waals surface area contributed by atoms with Crippen LogP contribution in [-0.2, 0) is 6.54 Å². The van der Waals surface area contributed by atoms with Crippen molar-refractivity contribution in [3.05, 3.63) is 46.4 Å². The largest absolute Gasteiger partial charge is 0.494 e. The fraction of sp³-hybridized carbons (Fsp3) is 0.500. The quantitative estimate of drug-likeness (QED) is 0.212. The first-order valence-corrected chi connectivity index (χ1v) is 10.2. The molecule has 2 rings (SSSR count). The lowest BCUT2D eigenvalue weighted by Crippen LogP contribution is -2.37. The molecule has 0 saturated carbocycles. The van der Waals surface area contributed by atoms with Crippen molar-refractivity contribution < 1.29 is 4.74 Å². The Morgan fingerprint density at radius 2 is 1.96 bits per heavy atom. The number of hydrogen-bond acceptors (Lipinski definition) is 4. The van der Waals surface area contributed by atoms with Gasteiger partial charge in [-0.1, -0.05) is 32.0 Å². The summed E-state index contributed by atoms with van der Waals surface area (Å²) in [5.74, 6) is 2.24. The van der Waals surface area contributed by atoms with Crippen LogP contribution in [-0.4, -0.2) is 30.6 Å². The molecule has 0 atom stereocenters. The molecule has 0 aliphatic heterocycles. The number of hydrogen-bond donors (Lipinski definition) is 2. The van der Waals surface area contributed by atoms with Crippen LogP contribution in [0.25, 0.3) is 0 Å². The molecule has 150 valence electrons. The Hall–Kier alpha value is -1.35. The average molecular weight is 502 g/mol. The maximum atomic E-state index is 5.71. The summed E-state index contributed by atoms with van der Waals surface area (Å²) in [6.45, 7) is 9.47. The number of aromatic nitrogens is 1. The minimum Gasteiger partial charge on any atom is -0.494 e. The molecular formula is C20H31IN4OS. The number of unbranched alkanes of at least 4 members (excludes halogenated alkanes) is 1. The minimum atomic E-state index is 0. The minimum absolute atomic E-state index is 0. The van der Waals surface area contributed by atoms with E-state index in [1.165, 1.54) is 0 Å². The normalized spacial score (nSPS) is 11.2. The van der Waals surface area contributed by atoms with Crippen molar-refractivity contribution in [3.8, 4) is 5.75 Å². The van der Waals surface area contributed by atoms with Crippen LogP contribution in [0, 0.1) is 0 Å². The number of nitrogens with zero attached hydrogens (tertiary/aromatic N) is 2. The maximum Gasteiger partial charge on any atom is 0.191 e. The molecule has 0 unspecified atom stereocenters. The monoisotopic (exact) mass is 502 g/mol. The molecule has 27 heavy (non-hydrogen) atoms. The molecule has 1 aromatic heterocycles. The summed E-state index contributed by atoms with van der Waals surface area (Å²) in [7, 11) is 0. The van der Waals surface area contributed by atoms with Crippen LogP contribution in [0.5, 0.6) is 5.75 Å². The molecule has 5 nitrogen and oxygen atoms in total. The molecule has 2 N–H and O–H groups in total. The summed E-state index contributed by atoms with van der Waals surface area (Å²) in [6, 6.07) is 9.94. The van der Waals surface area contributed by atoms with Gasteiger partial charge in [-0.2, -0.15) is 0 Å². The Morgan fingerprint density at radius 3 is 2.63 bits per heavy atom. The van der Waals surface area contributed by atoms with Gasteiger partial charge in [0.05, 0.1) is 18.8 Å². The molecule has 0 amide bonds. The molecule has 1 heterocycles. The summed E-state index contributed by atoms with van der Waals surface area (Å²) < 4.78 is 5.71. The van der Waals surface area contributed by atoms with Crippen molar-refractivity contribution in [2.75, 3.05) is 19.7 Å². The third kappa shape index (κ3) is 9.41. The van der Waals surface area contributed by atoms with Gasteiger partial charge in [0, 0.05) is 18.5 Å². The van der Waals surface area contributed by atoms with Crippen LogP contribution in [0.3, 0.4) is 0 Å². The molecule has 0 fully saturated rings. The number of benzene rings is 1. The molecule has 0 spiro atoms. The Labute approximate surface area is 184 Å². The van der Waals surface area contributed by atoms with Crippen molar-refractivity contribution >= 4 is 41.3 Å². The topological polar surface area (TPSA) is 58.5 Å². The summed E-state index contributed by atoms with van der Waals surface area (Å²) in [5.41, 5.74) is 1.15. The number of guanidine groups is 1. The number of nitrogens with one attached hydrogen (secondary N) is 2. The second-order valence-electron chi connectivity index (χ2n) is 6.31. The number of rotatable bonds is 10. The smallest absolute Gasteiger partial charge is 0.191 e. The number of halogens is 1. The van der Waals surface area contributed by atoms with E-state index in [2.05, 4.69) is 46.8 Å². The van der Waals surface area contributed by atoms with Crippen molar-refractivity contribution in [3.63, 3.8) is 0 Å². The van der Waals surface area contributed by atoms with Crippen LogP contribution in [0.15, 0.2) is 40.7 Å². The third-order valence-electron chi connectivity index (χ3n) is 3.75. The highest BCUT2D eigenvalue weighted by atomic mass is 127. The SMILES string of the molecule is CCNC(=NCc1nc(C(C)C)cs1)NCCCCOc1ccccc1.I. The molecule has 0 aliphatic carbocycles. The van der Waals surface area contributed by atoms with Crippen LogP contribution in [0.1, 0.15) is 50.2 Å². The highest BCUT2D eigenvalue weighted by molar-refractivity contribution is 14.0. The molecule has 0 aliphatic rings. The molecule has 0 saturated heterocycles. The van der Waals surface area contributed by atoms with E-state index in [4.69, 9.17) is 4.74 Å². The van der Waals surface area contributed by atoms with Gasteiger partial charge < -0.3 is 15.4 Å². The molecule has 2 aromatic rings. The van der Waals surface area contributed by atoms with Crippen molar-refractivity contribution in [1.29, 1.82) is 0 Å². The zero-order chi connectivity index (χ0) is 18.6. The lowest BCUT2D eigenvalue weighted by atomic mass is 10.2. The van der Waals surface area contributed by atoms with E-state index >= 15 is 0 Å². The van der Waals surface area contributed by atoms with E-state index in [1.54, 1.807) is 11.3 Å². The Morgan fingerprint density at radius 1 is 1.19 bits per heavy atom. The summed E-state index contributed by atoms with van der Waals surface area (Å²) >= 11 is 1.68. The Balaban J connectivity index is 0.00000364. The van der Waals surface area contributed by atoms with Crippen LogP contribution in [0.4, 0.5) is 0 Å². The maximum absolute atomic E-state index is 5.71. The second kappa shape index (κ2) is 13.8. The fourth-order valence-electron chi connectivity index (χ4n) is 2.29. The van der Waals surface area contributed by atoms with E-state index < -0.39 is 0 Å². The highest BCUT2D eigenvalue weighted by Crippen LogP contribution is 2.18. The first-order chi connectivity index (χ1) is 12.7. The number of thiazole rings is 1. The summed E-state index contributed by atoms with van der Waals surface area (Å²) in [5, 5.41) is 9.85. The number of aliphatic imine (C=N–C) groups is 1. The Bertz CT molecular complexity index is 661. The van der Waals surface area contributed by atoms with Gasteiger partial charge in [-0.25, -0.2) is 9.98 Å². The van der Waals surface area contributed by atoms with E-state index in [0.29, 0.717) is 12.5 Å². The lowest BCUT2D eigenvalue weighted by molar-refractivity contribution is 0.307. The molecule has 0 bridgehead atoms. The summed E-state index contributed by atoms with van der Waals surface area (Å²) in [6.07, 6.45) is 2.04. The molecule has 0 radical (unpaired) electrons. The Kier molecular flexibility index (Phi) is 12.1. The molecule has 7 heteroatoms. The fourth-order valence-corrected chi connectivity index (χ4v) is 3.17. The van der Waals surface area contributed by atoms with Gasteiger partial charge in [0.1, 0.15) is 10.8 Å². The number of ether oxygens (including phenoxy) is 1. The first-order valence-electron chi connectivity index (χ1n) is 9.33. The van der Waals surface area contributed by atoms with E-state index in [-0.39, 0.29) is 24.0 Å². The average Bonchev–Trinajstić information content (AvgIpc) is 3.12. The van der Waals surface area contributed by atoms with Crippen molar-refractivity contribution in [2.45, 2.75) is 46.1 Å². The second-order valence-corrected chi connectivity index (χ2v) is 7.25. The zero-order valence-corrected chi connectivity index (χ0v) is 19.6. The standard InChI is InChI=1S/C20H30N4OS.HI/c1-4-21-20(23-14-19-24-18(15-26-19)16(2)3)22-12-8-9-13-25-17-10-6-5-7-11-17;/h5-7,10-11,15-16H,4,8-9,12-14H2,1-3H3,(H2,21,22,23);1H. The highest BCUT2D eigenvalue weighted by Gasteiger charge is 2.05. The third-order valence-corrected chi connectivity index (χ3v) is 4.60. The van der Waals surface area contributed by atoms with Crippen molar-refractivity contribution in [1.82, 2.24) is 15.6 Å². The van der Waals surface area contributed by atoms with Gasteiger partial charge >= 0.3 is 0 Å². The van der Waals surface area contributed by atoms with Gasteiger partial charge in [0.25, 0.3) is 0 Å². The van der Waals surface area contributed by atoms with Crippen LogP contribution in [0.2, 0.25) is 0 Å². The van der Waals surface area contributed by atoms with Gasteiger partial charge in [-0.05, 0) is 37.8 Å². The van der Waals surface area contributed by atoms with Crippen LogP contribution >= 0.6 is 35.3 Å². The predicted molar refractivity (Wildman–Crippen MR) is 126 cm³/mol. The van der Waals surface area contributed by atoms with Crippen molar-refractivity contribution in [2.24, 2.45) is 4.99 Å². The van der Waals surface area contributed by atoms with E-state index in [9.17, 15) is 0 Å². The van der Waals surface area contributed by atoms with E-state index in [1.807, 2.05) is 30.3 Å². The van der Waals surface area contributed by atoms with E-state index in [0.717, 1.165) is 54.9 Å². The van der Waals surface area contributed by atoms with Gasteiger partial charge in [-0.3, -0.25) is 0 Å². The predicted octanol–water partition coefficient (Wildman–Crippen LogP) is 4.80. The van der Waals surface area contributed by atoms with Gasteiger partial charge in [0.15, 0.2) is 5.96 Å². The van der Waals surface area contributed by atoms with Crippen LogP contribution < -0.4 is 15.4 Å².